The Labute approximate surface area is 154 Å². The molecule has 0 unspecified atom stereocenters. The number of halogens is 2. The summed E-state index contributed by atoms with van der Waals surface area (Å²) < 4.78 is 23.6. The molecule has 2 heterocycles. The van der Waals surface area contributed by atoms with Gasteiger partial charge in [0.1, 0.15) is 18.2 Å². The Morgan fingerprint density at radius 1 is 1.31 bits per heavy atom. The van der Waals surface area contributed by atoms with E-state index in [1.54, 1.807) is 13.2 Å². The molecule has 0 saturated carbocycles. The number of benzene rings is 1. The highest BCUT2D eigenvalue weighted by Crippen LogP contribution is 2.25. The molecular formula is C18H15ClFN3O3. The molecular weight excluding hydrogens is 361 g/mol. The van der Waals surface area contributed by atoms with E-state index in [-0.39, 0.29) is 23.2 Å². The first-order chi connectivity index (χ1) is 12.5. The van der Waals surface area contributed by atoms with Crippen molar-refractivity contribution in [2.45, 2.75) is 13.2 Å². The highest BCUT2D eigenvalue weighted by Gasteiger charge is 2.18. The molecule has 3 rings (SSSR count). The predicted octanol–water partition coefficient (Wildman–Crippen LogP) is 3.71. The van der Waals surface area contributed by atoms with Gasteiger partial charge in [0.05, 0.1) is 17.3 Å². The number of aromatic nitrogens is 2. The van der Waals surface area contributed by atoms with E-state index in [4.69, 9.17) is 20.9 Å². The minimum atomic E-state index is -0.453. The summed E-state index contributed by atoms with van der Waals surface area (Å²) in [6.07, 6.45) is 1.67. The van der Waals surface area contributed by atoms with Crippen LogP contribution in [0.3, 0.4) is 0 Å². The third-order valence-corrected chi connectivity index (χ3v) is 3.81. The summed E-state index contributed by atoms with van der Waals surface area (Å²) in [6, 6.07) is 10.8. The Kier molecular flexibility index (Phi) is 5.48. The van der Waals surface area contributed by atoms with Crippen molar-refractivity contribution in [2.75, 3.05) is 7.05 Å². The first-order valence-corrected chi connectivity index (χ1v) is 8.09. The van der Waals surface area contributed by atoms with Crippen LogP contribution in [0.5, 0.6) is 5.75 Å². The molecule has 2 aromatic heterocycles. The molecule has 1 aromatic carbocycles. The van der Waals surface area contributed by atoms with Crippen molar-refractivity contribution in [3.8, 4) is 5.75 Å². The molecule has 0 radical (unpaired) electrons. The van der Waals surface area contributed by atoms with Gasteiger partial charge < -0.3 is 14.2 Å². The molecule has 0 spiro atoms. The summed E-state index contributed by atoms with van der Waals surface area (Å²) in [6.45, 7) is 0.360. The lowest BCUT2D eigenvalue weighted by atomic mass is 10.3. The highest BCUT2D eigenvalue weighted by atomic mass is 35.5. The van der Waals surface area contributed by atoms with Crippen LogP contribution in [0.15, 0.2) is 53.2 Å². The minimum Gasteiger partial charge on any atom is -0.484 e. The van der Waals surface area contributed by atoms with Crippen molar-refractivity contribution in [1.82, 2.24) is 15.0 Å². The third-order valence-electron chi connectivity index (χ3n) is 3.51. The molecule has 6 nitrogen and oxygen atoms in total. The summed E-state index contributed by atoms with van der Waals surface area (Å²) in [7, 11) is 1.65. The van der Waals surface area contributed by atoms with Crippen LogP contribution in [0.2, 0.25) is 5.02 Å². The van der Waals surface area contributed by atoms with E-state index in [0.29, 0.717) is 18.1 Å². The number of carbonyl (C=O) groups is 1. The fraction of sp³-hybridized carbons (Fsp3) is 0.167. The molecule has 0 fully saturated rings. The van der Waals surface area contributed by atoms with Crippen molar-refractivity contribution >= 4 is 17.5 Å². The maximum absolute atomic E-state index is 13.0. The zero-order valence-electron chi connectivity index (χ0n) is 13.9. The second-order valence-corrected chi connectivity index (χ2v) is 5.93. The monoisotopic (exact) mass is 375 g/mol. The Hall–Kier alpha value is -2.93. The number of hydrogen-bond donors (Lipinski definition) is 0. The predicted molar refractivity (Wildman–Crippen MR) is 92.3 cm³/mol. The SMILES string of the molecule is CN(Cc1ccccn1)C(=O)c1cc(COc2ccc(F)cc2Cl)on1. The van der Waals surface area contributed by atoms with Crippen LogP contribution in [0.1, 0.15) is 21.9 Å². The van der Waals surface area contributed by atoms with Crippen LogP contribution < -0.4 is 4.74 Å². The first kappa shape index (κ1) is 17.9. The molecule has 3 aromatic rings. The molecule has 0 bridgehead atoms. The normalized spacial score (nSPS) is 10.6. The fourth-order valence-electron chi connectivity index (χ4n) is 2.22. The zero-order valence-corrected chi connectivity index (χ0v) is 14.6. The molecule has 8 heteroatoms. The number of hydrogen-bond acceptors (Lipinski definition) is 5. The number of pyridine rings is 1. The Bertz CT molecular complexity index is 902. The number of ether oxygens (including phenoxy) is 1. The van der Waals surface area contributed by atoms with E-state index < -0.39 is 5.82 Å². The summed E-state index contributed by atoms with van der Waals surface area (Å²) in [5.74, 6) is -0.0964. The third kappa shape index (κ3) is 4.37. The van der Waals surface area contributed by atoms with Gasteiger partial charge in [-0.05, 0) is 30.3 Å². The van der Waals surface area contributed by atoms with Gasteiger partial charge in [-0.15, -0.1) is 0 Å². The lowest BCUT2D eigenvalue weighted by Crippen LogP contribution is -2.26. The Morgan fingerprint density at radius 2 is 2.15 bits per heavy atom. The van der Waals surface area contributed by atoms with Gasteiger partial charge >= 0.3 is 0 Å². The number of amides is 1. The lowest BCUT2D eigenvalue weighted by Gasteiger charge is -2.14. The molecule has 134 valence electrons. The van der Waals surface area contributed by atoms with E-state index >= 15 is 0 Å². The lowest BCUT2D eigenvalue weighted by molar-refractivity contribution is 0.0772. The fourth-order valence-corrected chi connectivity index (χ4v) is 2.45. The van der Waals surface area contributed by atoms with Gasteiger partial charge in [0.2, 0.25) is 0 Å². The minimum absolute atomic E-state index is 0.00951. The summed E-state index contributed by atoms with van der Waals surface area (Å²) in [5, 5.41) is 3.92. The van der Waals surface area contributed by atoms with Crippen LogP contribution in [-0.2, 0) is 13.2 Å². The maximum Gasteiger partial charge on any atom is 0.276 e. The van der Waals surface area contributed by atoms with E-state index in [1.807, 2.05) is 18.2 Å². The van der Waals surface area contributed by atoms with Crippen molar-refractivity contribution in [2.24, 2.45) is 0 Å². The smallest absolute Gasteiger partial charge is 0.276 e. The van der Waals surface area contributed by atoms with Gasteiger partial charge in [-0.3, -0.25) is 9.78 Å². The molecule has 0 aliphatic carbocycles. The van der Waals surface area contributed by atoms with Crippen LogP contribution in [-0.4, -0.2) is 28.0 Å². The van der Waals surface area contributed by atoms with E-state index in [9.17, 15) is 9.18 Å². The summed E-state index contributed by atoms with van der Waals surface area (Å²) >= 11 is 5.89. The van der Waals surface area contributed by atoms with Gasteiger partial charge in [0.15, 0.2) is 11.5 Å². The van der Waals surface area contributed by atoms with E-state index in [1.165, 1.54) is 23.1 Å². The van der Waals surface area contributed by atoms with Gasteiger partial charge in [-0.1, -0.05) is 22.8 Å². The van der Waals surface area contributed by atoms with Crippen LogP contribution >= 0.6 is 11.6 Å². The molecule has 0 aliphatic rings. The molecule has 0 saturated heterocycles. The van der Waals surface area contributed by atoms with Crippen molar-refractivity contribution < 1.29 is 18.4 Å². The first-order valence-electron chi connectivity index (χ1n) is 7.72. The average Bonchev–Trinajstić information content (AvgIpc) is 3.10. The van der Waals surface area contributed by atoms with Crippen molar-refractivity contribution in [3.63, 3.8) is 0 Å². The standard InChI is InChI=1S/C18H15ClFN3O3/c1-23(10-13-4-2-3-7-21-13)18(24)16-9-14(26-22-16)11-25-17-6-5-12(20)8-15(17)19/h2-9H,10-11H2,1H3. The Balaban J connectivity index is 1.60. The van der Waals surface area contributed by atoms with Crippen molar-refractivity contribution in [1.29, 1.82) is 0 Å². The van der Waals surface area contributed by atoms with Crippen LogP contribution in [0, 0.1) is 5.82 Å². The van der Waals surface area contributed by atoms with E-state index in [0.717, 1.165) is 11.8 Å². The second-order valence-electron chi connectivity index (χ2n) is 5.52. The number of nitrogens with zero attached hydrogens (tertiary/aromatic N) is 3. The maximum atomic E-state index is 13.0. The largest absolute Gasteiger partial charge is 0.484 e. The van der Waals surface area contributed by atoms with Gasteiger partial charge in [0.25, 0.3) is 5.91 Å². The van der Waals surface area contributed by atoms with Gasteiger partial charge in [-0.2, -0.15) is 0 Å². The molecule has 1 amide bonds. The Morgan fingerprint density at radius 3 is 2.88 bits per heavy atom. The highest BCUT2D eigenvalue weighted by molar-refractivity contribution is 6.32. The molecule has 0 N–H and O–H groups in total. The average molecular weight is 376 g/mol. The molecule has 0 atom stereocenters. The van der Waals surface area contributed by atoms with Crippen LogP contribution in [0.25, 0.3) is 0 Å². The van der Waals surface area contributed by atoms with Gasteiger partial charge in [-0.25, -0.2) is 4.39 Å². The summed E-state index contributed by atoms with van der Waals surface area (Å²) in [4.78, 5) is 18.1. The topological polar surface area (TPSA) is 68.5 Å². The number of carbonyl (C=O) groups excluding carboxylic acids is 1. The van der Waals surface area contributed by atoms with Crippen molar-refractivity contribution in [3.05, 3.63) is 76.6 Å². The molecule has 26 heavy (non-hydrogen) atoms. The zero-order chi connectivity index (χ0) is 18.5. The van der Waals surface area contributed by atoms with Crippen LogP contribution in [0.4, 0.5) is 4.39 Å². The van der Waals surface area contributed by atoms with Gasteiger partial charge in [0, 0.05) is 19.3 Å². The molecule has 0 aliphatic heterocycles. The summed E-state index contributed by atoms with van der Waals surface area (Å²) in [5.41, 5.74) is 0.925. The second kappa shape index (κ2) is 7.97. The van der Waals surface area contributed by atoms with E-state index in [2.05, 4.69) is 10.1 Å². The number of rotatable bonds is 6. The quantitative estimate of drug-likeness (QED) is 0.657.